The number of aromatic nitrogens is 1. The van der Waals surface area contributed by atoms with Crippen LogP contribution in [0.3, 0.4) is 0 Å². The number of hydrogen-bond acceptors (Lipinski definition) is 5. The van der Waals surface area contributed by atoms with Gasteiger partial charge >= 0.3 is 0 Å². The third-order valence-corrected chi connectivity index (χ3v) is 4.50. The Balaban J connectivity index is 1.47. The van der Waals surface area contributed by atoms with Crippen LogP contribution in [0.25, 0.3) is 0 Å². The van der Waals surface area contributed by atoms with Crippen LogP contribution in [0.1, 0.15) is 28.7 Å². The first-order chi connectivity index (χ1) is 12.5. The Bertz CT molecular complexity index is 751. The molecule has 2 amide bonds. The van der Waals surface area contributed by atoms with Crippen molar-refractivity contribution in [3.8, 4) is 0 Å². The maximum Gasteiger partial charge on any atom is 0.251 e. The molecule has 3 rings (SSSR count). The molecule has 2 aromatic rings. The van der Waals surface area contributed by atoms with Crippen LogP contribution < -0.4 is 5.32 Å². The molecule has 7 nitrogen and oxygen atoms in total. The van der Waals surface area contributed by atoms with Crippen molar-refractivity contribution in [2.45, 2.75) is 26.4 Å². The van der Waals surface area contributed by atoms with Crippen molar-refractivity contribution >= 4 is 11.8 Å². The Morgan fingerprint density at radius 1 is 1.19 bits per heavy atom. The van der Waals surface area contributed by atoms with Gasteiger partial charge < -0.3 is 14.7 Å². The highest BCUT2D eigenvalue weighted by Gasteiger charge is 2.26. The van der Waals surface area contributed by atoms with Gasteiger partial charge in [0.1, 0.15) is 11.8 Å². The number of piperazine rings is 1. The van der Waals surface area contributed by atoms with Crippen molar-refractivity contribution in [3.63, 3.8) is 0 Å². The molecule has 1 aromatic heterocycles. The van der Waals surface area contributed by atoms with Crippen LogP contribution in [0.15, 0.2) is 40.9 Å². The summed E-state index contributed by atoms with van der Waals surface area (Å²) in [6, 6.07) is 10.3. The minimum atomic E-state index is -0.549. The maximum atomic E-state index is 12.6. The van der Waals surface area contributed by atoms with Crippen LogP contribution in [0.4, 0.5) is 0 Å². The Morgan fingerprint density at radius 2 is 1.88 bits per heavy atom. The van der Waals surface area contributed by atoms with Crippen molar-refractivity contribution in [2.24, 2.45) is 0 Å². The van der Waals surface area contributed by atoms with Crippen molar-refractivity contribution in [2.75, 3.05) is 26.2 Å². The highest BCUT2D eigenvalue weighted by Crippen LogP contribution is 2.10. The summed E-state index contributed by atoms with van der Waals surface area (Å²) in [6.45, 7) is 7.15. The van der Waals surface area contributed by atoms with E-state index in [2.05, 4.69) is 15.4 Å². The lowest BCUT2D eigenvalue weighted by Gasteiger charge is -2.35. The number of aryl methyl sites for hydroxylation is 1. The van der Waals surface area contributed by atoms with Crippen LogP contribution >= 0.6 is 0 Å². The molecule has 1 aliphatic rings. The molecule has 0 aliphatic carbocycles. The highest BCUT2D eigenvalue weighted by atomic mass is 16.5. The molecule has 1 unspecified atom stereocenters. The molecule has 1 atom stereocenters. The second-order valence-corrected chi connectivity index (χ2v) is 6.59. The van der Waals surface area contributed by atoms with Gasteiger partial charge in [-0.05, 0) is 26.0 Å². The summed E-state index contributed by atoms with van der Waals surface area (Å²) in [4.78, 5) is 28.8. The van der Waals surface area contributed by atoms with Gasteiger partial charge in [-0.15, -0.1) is 0 Å². The van der Waals surface area contributed by atoms with Crippen LogP contribution in [0.5, 0.6) is 0 Å². The predicted octanol–water partition coefficient (Wildman–Crippen LogP) is 1.45. The highest BCUT2D eigenvalue weighted by molar-refractivity contribution is 5.97. The van der Waals surface area contributed by atoms with E-state index in [0.717, 1.165) is 31.1 Å². The van der Waals surface area contributed by atoms with E-state index in [4.69, 9.17) is 4.52 Å². The lowest BCUT2D eigenvalue weighted by atomic mass is 10.2. The van der Waals surface area contributed by atoms with Gasteiger partial charge in [-0.3, -0.25) is 14.5 Å². The molecule has 1 aliphatic heterocycles. The number of nitrogens with zero attached hydrogens (tertiary/aromatic N) is 3. The predicted molar refractivity (Wildman–Crippen MR) is 96.5 cm³/mol. The summed E-state index contributed by atoms with van der Waals surface area (Å²) in [6.07, 6.45) is 0. The zero-order valence-corrected chi connectivity index (χ0v) is 15.1. The van der Waals surface area contributed by atoms with E-state index < -0.39 is 6.04 Å². The molecule has 0 spiro atoms. The lowest BCUT2D eigenvalue weighted by Crippen LogP contribution is -2.53. The number of carbonyl (C=O) groups excluding carboxylic acids is 2. The largest absolute Gasteiger partial charge is 0.361 e. The summed E-state index contributed by atoms with van der Waals surface area (Å²) in [5.41, 5.74) is 1.46. The number of amides is 2. The first kappa shape index (κ1) is 18.1. The van der Waals surface area contributed by atoms with Crippen LogP contribution in [0, 0.1) is 6.92 Å². The average Bonchev–Trinajstić information content (AvgIpc) is 3.07. The van der Waals surface area contributed by atoms with Gasteiger partial charge in [0, 0.05) is 44.4 Å². The molecule has 2 heterocycles. The first-order valence-corrected chi connectivity index (χ1v) is 8.82. The van der Waals surface area contributed by atoms with E-state index in [9.17, 15) is 9.59 Å². The molecule has 1 saturated heterocycles. The molecule has 7 heteroatoms. The fourth-order valence-corrected chi connectivity index (χ4v) is 3.05. The van der Waals surface area contributed by atoms with E-state index >= 15 is 0 Å². The van der Waals surface area contributed by atoms with Crippen LogP contribution in [-0.4, -0.2) is 59.0 Å². The maximum absolute atomic E-state index is 12.6. The fraction of sp³-hybridized carbons (Fsp3) is 0.421. The topological polar surface area (TPSA) is 78.7 Å². The number of rotatable bonds is 5. The van der Waals surface area contributed by atoms with Gasteiger partial charge in [0.05, 0.1) is 5.69 Å². The molecule has 0 bridgehead atoms. The lowest BCUT2D eigenvalue weighted by molar-refractivity contribution is -0.134. The SMILES string of the molecule is Cc1cc(CN2CCN(C(=O)C(C)NC(=O)c3ccccc3)CC2)no1. The molecule has 1 aromatic carbocycles. The molecule has 1 N–H and O–H groups in total. The van der Waals surface area contributed by atoms with Gasteiger partial charge in [-0.2, -0.15) is 0 Å². The third-order valence-electron chi connectivity index (χ3n) is 4.50. The zero-order chi connectivity index (χ0) is 18.5. The molecular formula is C19H24N4O3. The van der Waals surface area contributed by atoms with E-state index in [-0.39, 0.29) is 11.8 Å². The standard InChI is InChI=1S/C19H24N4O3/c1-14-12-17(21-26-14)13-22-8-10-23(11-9-22)19(25)15(2)20-18(24)16-6-4-3-5-7-16/h3-7,12,15H,8-11,13H2,1-2H3,(H,20,24). The van der Waals surface area contributed by atoms with Crippen LogP contribution in [-0.2, 0) is 11.3 Å². The summed E-state index contributed by atoms with van der Waals surface area (Å²) >= 11 is 0. The molecule has 26 heavy (non-hydrogen) atoms. The Labute approximate surface area is 152 Å². The van der Waals surface area contributed by atoms with Gasteiger partial charge in [-0.1, -0.05) is 23.4 Å². The molecular weight excluding hydrogens is 332 g/mol. The second kappa shape index (κ2) is 8.14. The van der Waals surface area contributed by atoms with Crippen LogP contribution in [0.2, 0.25) is 0 Å². The fourth-order valence-electron chi connectivity index (χ4n) is 3.05. The monoisotopic (exact) mass is 356 g/mol. The van der Waals surface area contributed by atoms with E-state index in [1.807, 2.05) is 19.1 Å². The molecule has 0 radical (unpaired) electrons. The summed E-state index contributed by atoms with van der Waals surface area (Å²) < 4.78 is 5.09. The Morgan fingerprint density at radius 3 is 2.50 bits per heavy atom. The van der Waals surface area contributed by atoms with Gasteiger partial charge in [0.15, 0.2) is 0 Å². The second-order valence-electron chi connectivity index (χ2n) is 6.59. The Hall–Kier alpha value is -2.67. The van der Waals surface area contributed by atoms with Crippen molar-refractivity contribution in [1.29, 1.82) is 0 Å². The summed E-state index contributed by atoms with van der Waals surface area (Å²) in [7, 11) is 0. The Kier molecular flexibility index (Phi) is 5.68. The van der Waals surface area contributed by atoms with Gasteiger partial charge in [0.25, 0.3) is 5.91 Å². The summed E-state index contributed by atoms with van der Waals surface area (Å²) in [5, 5.41) is 6.79. The van der Waals surface area contributed by atoms with Gasteiger partial charge in [0.2, 0.25) is 5.91 Å². The van der Waals surface area contributed by atoms with E-state index in [1.54, 1.807) is 36.1 Å². The van der Waals surface area contributed by atoms with E-state index in [0.29, 0.717) is 18.7 Å². The minimum Gasteiger partial charge on any atom is -0.361 e. The third kappa shape index (κ3) is 4.49. The van der Waals surface area contributed by atoms with Gasteiger partial charge in [-0.25, -0.2) is 0 Å². The smallest absolute Gasteiger partial charge is 0.251 e. The van der Waals surface area contributed by atoms with Crippen molar-refractivity contribution < 1.29 is 14.1 Å². The number of hydrogen-bond donors (Lipinski definition) is 1. The molecule has 0 saturated carbocycles. The van der Waals surface area contributed by atoms with E-state index in [1.165, 1.54) is 0 Å². The molecule has 138 valence electrons. The summed E-state index contributed by atoms with van der Waals surface area (Å²) in [5.74, 6) is 0.523. The zero-order valence-electron chi connectivity index (χ0n) is 15.1. The van der Waals surface area contributed by atoms with Crippen molar-refractivity contribution in [1.82, 2.24) is 20.3 Å². The number of nitrogens with one attached hydrogen (secondary N) is 1. The number of carbonyl (C=O) groups is 2. The van der Waals surface area contributed by atoms with Crippen molar-refractivity contribution in [3.05, 3.63) is 53.4 Å². The quantitative estimate of drug-likeness (QED) is 0.877. The molecule has 1 fully saturated rings. The first-order valence-electron chi connectivity index (χ1n) is 8.82. The normalized spacial score (nSPS) is 16.3. The number of benzene rings is 1. The minimum absolute atomic E-state index is 0.0498. The average molecular weight is 356 g/mol.